The molecule has 2 atom stereocenters. The van der Waals surface area contributed by atoms with Crippen LogP contribution in [0.4, 0.5) is 4.79 Å². The third-order valence-electron chi connectivity index (χ3n) is 3.76. The van der Waals surface area contributed by atoms with Gasteiger partial charge in [-0.25, -0.2) is 4.79 Å². The minimum absolute atomic E-state index is 0.0201. The van der Waals surface area contributed by atoms with Crippen LogP contribution in [0.5, 0.6) is 0 Å². The van der Waals surface area contributed by atoms with Gasteiger partial charge in [0.1, 0.15) is 0 Å². The lowest BCUT2D eigenvalue weighted by Crippen LogP contribution is -2.45. The van der Waals surface area contributed by atoms with E-state index in [-0.39, 0.29) is 24.7 Å². The predicted molar refractivity (Wildman–Crippen MR) is 74.8 cm³/mol. The average Bonchev–Trinajstić information content (AvgIpc) is 2.94. The zero-order valence-electron chi connectivity index (χ0n) is 11.4. The van der Waals surface area contributed by atoms with E-state index in [4.69, 9.17) is 0 Å². The van der Waals surface area contributed by atoms with E-state index in [1.54, 1.807) is 4.90 Å². The van der Waals surface area contributed by atoms with Crippen molar-refractivity contribution in [1.29, 1.82) is 0 Å². The van der Waals surface area contributed by atoms with Crippen LogP contribution in [0.1, 0.15) is 37.8 Å². The number of rotatable bonds is 4. The maximum absolute atomic E-state index is 12.3. The van der Waals surface area contributed by atoms with Crippen molar-refractivity contribution in [2.24, 2.45) is 0 Å². The fraction of sp³-hybridized carbons (Fsp3) is 0.533. The Bertz CT molecular complexity index is 408. The molecule has 0 saturated carbocycles. The lowest BCUT2D eigenvalue weighted by Gasteiger charge is -2.26. The van der Waals surface area contributed by atoms with E-state index in [0.717, 1.165) is 31.4 Å². The molecule has 0 radical (unpaired) electrons. The van der Waals surface area contributed by atoms with Gasteiger partial charge in [0.25, 0.3) is 0 Å². The summed E-state index contributed by atoms with van der Waals surface area (Å²) in [7, 11) is 0. The van der Waals surface area contributed by atoms with Crippen molar-refractivity contribution in [2.75, 3.05) is 13.2 Å². The number of aliphatic hydroxyl groups is 1. The predicted octanol–water partition coefficient (Wildman–Crippen LogP) is 2.30. The highest BCUT2D eigenvalue weighted by Gasteiger charge is 2.29. The van der Waals surface area contributed by atoms with Gasteiger partial charge < -0.3 is 15.3 Å². The van der Waals surface area contributed by atoms with Gasteiger partial charge >= 0.3 is 6.03 Å². The van der Waals surface area contributed by atoms with Gasteiger partial charge in [0, 0.05) is 6.54 Å². The molecule has 1 saturated heterocycles. The number of aliphatic hydroxyl groups excluding tert-OH is 1. The van der Waals surface area contributed by atoms with Crippen molar-refractivity contribution in [3.63, 3.8) is 0 Å². The second-order valence-corrected chi connectivity index (χ2v) is 4.99. The van der Waals surface area contributed by atoms with Crippen LogP contribution in [-0.2, 0) is 0 Å². The summed E-state index contributed by atoms with van der Waals surface area (Å²) in [5.74, 6) is 0. The normalized spacial score (nSPS) is 20.3. The van der Waals surface area contributed by atoms with Crippen LogP contribution in [0.15, 0.2) is 30.3 Å². The highest BCUT2D eigenvalue weighted by Crippen LogP contribution is 2.20. The van der Waals surface area contributed by atoms with Crippen LogP contribution in [0, 0.1) is 0 Å². The highest BCUT2D eigenvalue weighted by atomic mass is 16.3. The number of carbonyl (C=O) groups excluding carboxylic acids is 1. The molecule has 1 aliphatic heterocycles. The summed E-state index contributed by atoms with van der Waals surface area (Å²) in [5, 5.41) is 12.3. The maximum atomic E-state index is 12.3. The Morgan fingerprint density at radius 3 is 2.84 bits per heavy atom. The Hall–Kier alpha value is -1.55. The van der Waals surface area contributed by atoms with E-state index >= 15 is 0 Å². The Labute approximate surface area is 114 Å². The van der Waals surface area contributed by atoms with Gasteiger partial charge in [-0.1, -0.05) is 37.3 Å². The van der Waals surface area contributed by atoms with E-state index in [1.165, 1.54) is 0 Å². The average molecular weight is 262 g/mol. The van der Waals surface area contributed by atoms with Crippen molar-refractivity contribution in [2.45, 2.75) is 38.3 Å². The van der Waals surface area contributed by atoms with Gasteiger partial charge in [0.2, 0.25) is 0 Å². The number of likely N-dealkylation sites (tertiary alicyclic amines) is 1. The number of benzene rings is 1. The zero-order valence-corrected chi connectivity index (χ0v) is 11.4. The van der Waals surface area contributed by atoms with Crippen molar-refractivity contribution >= 4 is 6.03 Å². The molecule has 2 rings (SSSR count). The number of urea groups is 1. The van der Waals surface area contributed by atoms with Gasteiger partial charge in [-0.05, 0) is 24.8 Å². The molecule has 104 valence electrons. The minimum atomic E-state index is -0.0627. The second kappa shape index (κ2) is 6.57. The molecule has 1 aliphatic rings. The molecule has 0 aromatic heterocycles. The molecule has 0 unspecified atom stereocenters. The molecule has 4 nitrogen and oxygen atoms in total. The number of amides is 2. The van der Waals surface area contributed by atoms with Crippen molar-refractivity contribution in [3.8, 4) is 0 Å². The van der Waals surface area contributed by atoms with Crippen molar-refractivity contribution < 1.29 is 9.90 Å². The summed E-state index contributed by atoms with van der Waals surface area (Å²) in [6.07, 6.45) is 2.72. The molecule has 1 fully saturated rings. The summed E-state index contributed by atoms with van der Waals surface area (Å²) in [6.45, 7) is 2.85. The molecule has 2 N–H and O–H groups in total. The van der Waals surface area contributed by atoms with E-state index in [9.17, 15) is 9.90 Å². The Balaban J connectivity index is 2.00. The standard InChI is InChI=1S/C15H22N2O2/c1-2-14(12-7-4-3-5-8-12)16-15(19)17-10-6-9-13(17)11-18/h3-5,7-8,13-14,18H,2,6,9-11H2,1H3,(H,16,19)/t13-,14-/m0/s1. The van der Waals surface area contributed by atoms with Crippen molar-refractivity contribution in [3.05, 3.63) is 35.9 Å². The van der Waals surface area contributed by atoms with Crippen LogP contribution in [0.25, 0.3) is 0 Å². The van der Waals surface area contributed by atoms with Gasteiger partial charge in [-0.15, -0.1) is 0 Å². The molecular weight excluding hydrogens is 240 g/mol. The molecule has 2 amide bonds. The molecule has 1 aromatic carbocycles. The minimum Gasteiger partial charge on any atom is -0.394 e. The van der Waals surface area contributed by atoms with Crippen LogP contribution in [-0.4, -0.2) is 35.2 Å². The number of hydrogen-bond donors (Lipinski definition) is 2. The van der Waals surface area contributed by atoms with Gasteiger partial charge in [0.05, 0.1) is 18.7 Å². The molecular formula is C15H22N2O2. The summed E-state index contributed by atoms with van der Waals surface area (Å²) < 4.78 is 0. The van der Waals surface area contributed by atoms with Crippen LogP contribution >= 0.6 is 0 Å². The Kier molecular flexibility index (Phi) is 4.80. The van der Waals surface area contributed by atoms with Gasteiger partial charge in [-0.2, -0.15) is 0 Å². The SMILES string of the molecule is CC[C@H](NC(=O)N1CCC[C@H]1CO)c1ccccc1. The van der Waals surface area contributed by atoms with E-state index in [0.29, 0.717) is 0 Å². The first-order chi connectivity index (χ1) is 9.26. The number of nitrogens with one attached hydrogen (secondary N) is 1. The largest absolute Gasteiger partial charge is 0.394 e. The lowest BCUT2D eigenvalue weighted by molar-refractivity contribution is 0.154. The summed E-state index contributed by atoms with van der Waals surface area (Å²) in [5.41, 5.74) is 1.12. The fourth-order valence-corrected chi connectivity index (χ4v) is 2.63. The van der Waals surface area contributed by atoms with E-state index < -0.39 is 0 Å². The first kappa shape index (κ1) is 13.9. The van der Waals surface area contributed by atoms with Crippen LogP contribution in [0.2, 0.25) is 0 Å². The molecule has 4 heteroatoms. The summed E-state index contributed by atoms with van der Waals surface area (Å²) in [6, 6.07) is 9.95. The number of carbonyl (C=O) groups is 1. The second-order valence-electron chi connectivity index (χ2n) is 4.99. The van der Waals surface area contributed by atoms with Crippen molar-refractivity contribution in [1.82, 2.24) is 10.2 Å². The fourth-order valence-electron chi connectivity index (χ4n) is 2.63. The van der Waals surface area contributed by atoms with E-state index in [2.05, 4.69) is 12.2 Å². The zero-order chi connectivity index (χ0) is 13.7. The molecule has 19 heavy (non-hydrogen) atoms. The third kappa shape index (κ3) is 3.26. The third-order valence-corrected chi connectivity index (χ3v) is 3.76. The summed E-state index contributed by atoms with van der Waals surface area (Å²) in [4.78, 5) is 14.0. The molecule has 0 bridgehead atoms. The first-order valence-corrected chi connectivity index (χ1v) is 6.99. The quantitative estimate of drug-likeness (QED) is 0.875. The number of nitrogens with zero attached hydrogens (tertiary/aromatic N) is 1. The Morgan fingerprint density at radius 1 is 1.47 bits per heavy atom. The molecule has 0 spiro atoms. The Morgan fingerprint density at radius 2 is 2.21 bits per heavy atom. The smallest absolute Gasteiger partial charge is 0.318 e. The molecule has 1 aromatic rings. The van der Waals surface area contributed by atoms with E-state index in [1.807, 2.05) is 30.3 Å². The van der Waals surface area contributed by atoms with Gasteiger partial charge in [0.15, 0.2) is 0 Å². The van der Waals surface area contributed by atoms with Crippen LogP contribution in [0.3, 0.4) is 0 Å². The topological polar surface area (TPSA) is 52.6 Å². The van der Waals surface area contributed by atoms with Gasteiger partial charge in [-0.3, -0.25) is 0 Å². The number of hydrogen-bond acceptors (Lipinski definition) is 2. The monoisotopic (exact) mass is 262 g/mol. The molecule has 1 heterocycles. The maximum Gasteiger partial charge on any atom is 0.318 e. The van der Waals surface area contributed by atoms with Crippen LogP contribution < -0.4 is 5.32 Å². The summed E-state index contributed by atoms with van der Waals surface area (Å²) >= 11 is 0. The first-order valence-electron chi connectivity index (χ1n) is 6.99. The highest BCUT2D eigenvalue weighted by molar-refractivity contribution is 5.75. The molecule has 0 aliphatic carbocycles. The lowest BCUT2D eigenvalue weighted by atomic mass is 10.1.